The van der Waals surface area contributed by atoms with Crippen LogP contribution in [0.25, 0.3) is 0 Å². The van der Waals surface area contributed by atoms with E-state index in [-0.39, 0.29) is 12.0 Å². The Bertz CT molecular complexity index is 761. The molecule has 1 aromatic carbocycles. The number of benzene rings is 1. The summed E-state index contributed by atoms with van der Waals surface area (Å²) < 4.78 is 5.81. The summed E-state index contributed by atoms with van der Waals surface area (Å²) in [6.45, 7) is 5.74. The predicted octanol–water partition coefficient (Wildman–Crippen LogP) is 4.13. The van der Waals surface area contributed by atoms with Gasteiger partial charge in [-0.3, -0.25) is 9.89 Å². The Kier molecular flexibility index (Phi) is 5.67. The van der Waals surface area contributed by atoms with Crippen LogP contribution in [0.4, 0.5) is 0 Å². The van der Waals surface area contributed by atoms with Crippen molar-refractivity contribution in [3.8, 4) is 0 Å². The smallest absolute Gasteiger partial charge is 0.274 e. The molecule has 1 aliphatic rings. The molecular formula is C18H21Cl2N3O2. The SMILES string of the molecule is CC(C)Cc1cc(C(=O)N2CCOC(c3ccc(Cl)c(Cl)c3)C2)n[nH]1. The number of hydrogen-bond acceptors (Lipinski definition) is 3. The zero-order valence-corrected chi connectivity index (χ0v) is 15.8. The highest BCUT2D eigenvalue weighted by Gasteiger charge is 2.27. The number of hydrogen-bond donors (Lipinski definition) is 1. The minimum atomic E-state index is -0.221. The molecule has 2 aromatic rings. The second kappa shape index (κ2) is 7.77. The molecule has 134 valence electrons. The zero-order chi connectivity index (χ0) is 18.0. The molecule has 1 aliphatic heterocycles. The summed E-state index contributed by atoms with van der Waals surface area (Å²) >= 11 is 12.1. The number of morpholine rings is 1. The Balaban J connectivity index is 1.71. The minimum Gasteiger partial charge on any atom is -0.370 e. The Labute approximate surface area is 157 Å². The van der Waals surface area contributed by atoms with Crippen LogP contribution in [-0.4, -0.2) is 40.7 Å². The topological polar surface area (TPSA) is 58.2 Å². The van der Waals surface area contributed by atoms with E-state index in [0.29, 0.717) is 41.4 Å². The molecule has 0 bridgehead atoms. The summed E-state index contributed by atoms with van der Waals surface area (Å²) in [5.74, 6) is 0.422. The molecule has 1 atom stereocenters. The summed E-state index contributed by atoms with van der Waals surface area (Å²) in [6.07, 6.45) is 0.650. The first kappa shape index (κ1) is 18.2. The van der Waals surface area contributed by atoms with E-state index < -0.39 is 0 Å². The average Bonchev–Trinajstić information content (AvgIpc) is 3.04. The van der Waals surface area contributed by atoms with Gasteiger partial charge in [0.25, 0.3) is 5.91 Å². The van der Waals surface area contributed by atoms with E-state index in [0.717, 1.165) is 17.7 Å². The monoisotopic (exact) mass is 381 g/mol. The van der Waals surface area contributed by atoms with Crippen molar-refractivity contribution < 1.29 is 9.53 Å². The molecule has 0 aliphatic carbocycles. The van der Waals surface area contributed by atoms with E-state index in [1.807, 2.05) is 12.1 Å². The van der Waals surface area contributed by atoms with Gasteiger partial charge in [0, 0.05) is 12.2 Å². The molecule has 5 nitrogen and oxygen atoms in total. The molecule has 2 heterocycles. The molecule has 1 amide bonds. The Hall–Kier alpha value is -1.56. The van der Waals surface area contributed by atoms with Crippen LogP contribution in [0.5, 0.6) is 0 Å². The molecule has 3 rings (SSSR count). The van der Waals surface area contributed by atoms with E-state index in [1.165, 1.54) is 0 Å². The molecule has 7 heteroatoms. The number of carbonyl (C=O) groups excluding carboxylic acids is 1. The molecular weight excluding hydrogens is 361 g/mol. The third-order valence-corrected chi connectivity index (χ3v) is 4.89. The third-order valence-electron chi connectivity index (χ3n) is 4.15. The molecule has 1 unspecified atom stereocenters. The highest BCUT2D eigenvalue weighted by Crippen LogP contribution is 2.29. The van der Waals surface area contributed by atoms with Gasteiger partial charge in [0.1, 0.15) is 11.8 Å². The number of rotatable bonds is 4. The van der Waals surface area contributed by atoms with Crippen molar-refractivity contribution in [2.75, 3.05) is 19.7 Å². The summed E-state index contributed by atoms with van der Waals surface area (Å²) in [4.78, 5) is 14.5. The van der Waals surface area contributed by atoms with Crippen molar-refractivity contribution in [3.05, 3.63) is 51.3 Å². The first-order chi connectivity index (χ1) is 11.9. The fraction of sp³-hybridized carbons (Fsp3) is 0.444. The van der Waals surface area contributed by atoms with E-state index in [9.17, 15) is 4.79 Å². The van der Waals surface area contributed by atoms with Crippen molar-refractivity contribution in [2.24, 2.45) is 5.92 Å². The van der Waals surface area contributed by atoms with Crippen LogP contribution in [0, 0.1) is 5.92 Å². The molecule has 0 spiro atoms. The van der Waals surface area contributed by atoms with Crippen LogP contribution in [0.2, 0.25) is 10.0 Å². The fourth-order valence-corrected chi connectivity index (χ4v) is 3.23. The number of amides is 1. The van der Waals surface area contributed by atoms with Crippen molar-refractivity contribution in [3.63, 3.8) is 0 Å². The Morgan fingerprint density at radius 2 is 2.16 bits per heavy atom. The largest absolute Gasteiger partial charge is 0.370 e. The van der Waals surface area contributed by atoms with E-state index >= 15 is 0 Å². The number of halogens is 2. The third kappa shape index (κ3) is 4.35. The van der Waals surface area contributed by atoms with E-state index in [4.69, 9.17) is 27.9 Å². The number of aromatic amines is 1. The number of nitrogens with one attached hydrogen (secondary N) is 1. The molecule has 0 saturated carbocycles. The maximum atomic E-state index is 12.7. The Morgan fingerprint density at radius 1 is 1.36 bits per heavy atom. The average molecular weight is 382 g/mol. The standard InChI is InChI=1S/C18H21Cl2N3O2/c1-11(2)7-13-9-16(22-21-13)18(24)23-5-6-25-17(10-23)12-3-4-14(19)15(20)8-12/h3-4,8-9,11,17H,5-7,10H2,1-2H3,(H,21,22). The quantitative estimate of drug-likeness (QED) is 0.865. The summed E-state index contributed by atoms with van der Waals surface area (Å²) in [6, 6.07) is 7.25. The van der Waals surface area contributed by atoms with E-state index in [1.54, 1.807) is 17.0 Å². The van der Waals surface area contributed by atoms with Gasteiger partial charge < -0.3 is 9.64 Å². The van der Waals surface area contributed by atoms with E-state index in [2.05, 4.69) is 24.0 Å². The lowest BCUT2D eigenvalue weighted by Gasteiger charge is -2.32. The van der Waals surface area contributed by atoms with Gasteiger partial charge in [0.2, 0.25) is 0 Å². The summed E-state index contributed by atoms with van der Waals surface area (Å²) in [5.41, 5.74) is 2.34. The minimum absolute atomic E-state index is 0.0837. The highest BCUT2D eigenvalue weighted by atomic mass is 35.5. The lowest BCUT2D eigenvalue weighted by atomic mass is 10.1. The molecule has 1 N–H and O–H groups in total. The lowest BCUT2D eigenvalue weighted by molar-refractivity contribution is -0.0230. The van der Waals surface area contributed by atoms with Gasteiger partial charge >= 0.3 is 0 Å². The van der Waals surface area contributed by atoms with Crippen molar-refractivity contribution in [1.82, 2.24) is 15.1 Å². The summed E-state index contributed by atoms with van der Waals surface area (Å²) in [5, 5.41) is 8.11. The van der Waals surface area contributed by atoms with Gasteiger partial charge in [0.15, 0.2) is 0 Å². The number of ether oxygens (including phenoxy) is 1. The van der Waals surface area contributed by atoms with Crippen LogP contribution in [0.15, 0.2) is 24.3 Å². The predicted molar refractivity (Wildman–Crippen MR) is 98.2 cm³/mol. The van der Waals surface area contributed by atoms with Crippen LogP contribution < -0.4 is 0 Å². The van der Waals surface area contributed by atoms with Gasteiger partial charge in [-0.1, -0.05) is 43.1 Å². The normalized spacial score (nSPS) is 18.0. The maximum absolute atomic E-state index is 12.7. The molecule has 1 saturated heterocycles. The maximum Gasteiger partial charge on any atom is 0.274 e. The van der Waals surface area contributed by atoms with Crippen LogP contribution in [-0.2, 0) is 11.2 Å². The summed E-state index contributed by atoms with van der Waals surface area (Å²) in [7, 11) is 0. The first-order valence-electron chi connectivity index (χ1n) is 8.34. The van der Waals surface area contributed by atoms with Crippen LogP contribution in [0.3, 0.4) is 0 Å². The molecule has 1 aromatic heterocycles. The number of carbonyl (C=O) groups is 1. The number of aromatic nitrogens is 2. The number of nitrogens with zero attached hydrogens (tertiary/aromatic N) is 2. The first-order valence-corrected chi connectivity index (χ1v) is 9.09. The van der Waals surface area contributed by atoms with Gasteiger partial charge in [-0.2, -0.15) is 5.10 Å². The van der Waals surface area contributed by atoms with Gasteiger partial charge in [-0.05, 0) is 36.1 Å². The van der Waals surface area contributed by atoms with Crippen molar-refractivity contribution >= 4 is 29.1 Å². The Morgan fingerprint density at radius 3 is 2.88 bits per heavy atom. The van der Waals surface area contributed by atoms with Crippen molar-refractivity contribution in [2.45, 2.75) is 26.4 Å². The van der Waals surface area contributed by atoms with Gasteiger partial charge in [-0.15, -0.1) is 0 Å². The van der Waals surface area contributed by atoms with Crippen LogP contribution >= 0.6 is 23.2 Å². The number of H-pyrrole nitrogens is 1. The zero-order valence-electron chi connectivity index (χ0n) is 14.3. The fourth-order valence-electron chi connectivity index (χ4n) is 2.93. The molecule has 1 fully saturated rings. The molecule has 25 heavy (non-hydrogen) atoms. The van der Waals surface area contributed by atoms with Gasteiger partial charge in [-0.25, -0.2) is 0 Å². The van der Waals surface area contributed by atoms with Gasteiger partial charge in [0.05, 0.1) is 23.2 Å². The van der Waals surface area contributed by atoms with Crippen molar-refractivity contribution in [1.29, 1.82) is 0 Å². The van der Waals surface area contributed by atoms with Crippen LogP contribution in [0.1, 0.15) is 41.7 Å². The lowest BCUT2D eigenvalue weighted by Crippen LogP contribution is -2.42. The highest BCUT2D eigenvalue weighted by molar-refractivity contribution is 6.42. The molecule has 0 radical (unpaired) electrons. The second-order valence-corrected chi connectivity index (χ2v) is 7.47. The second-order valence-electron chi connectivity index (χ2n) is 6.66.